The summed E-state index contributed by atoms with van der Waals surface area (Å²) in [5.41, 5.74) is 0.315. The van der Waals surface area contributed by atoms with Crippen LogP contribution in [0, 0.1) is 11.8 Å². The molecule has 0 aromatic heterocycles. The average Bonchev–Trinajstić information content (AvgIpc) is 2.66. The van der Waals surface area contributed by atoms with E-state index in [1.807, 2.05) is 0 Å². The first kappa shape index (κ1) is 13.3. The van der Waals surface area contributed by atoms with Crippen LogP contribution in [0.2, 0.25) is 0 Å². The van der Waals surface area contributed by atoms with E-state index in [9.17, 15) is 0 Å². The number of ether oxygens (including phenoxy) is 2. The van der Waals surface area contributed by atoms with Crippen molar-refractivity contribution in [3.63, 3.8) is 0 Å². The van der Waals surface area contributed by atoms with E-state index in [0.717, 1.165) is 19.6 Å². The third-order valence-corrected chi connectivity index (χ3v) is 4.44. The van der Waals surface area contributed by atoms with Gasteiger partial charge in [0, 0.05) is 17.4 Å². The van der Waals surface area contributed by atoms with E-state index in [-0.39, 0.29) is 6.29 Å². The lowest BCUT2D eigenvalue weighted by Gasteiger charge is -2.36. The zero-order valence-corrected chi connectivity index (χ0v) is 11.5. The number of rotatable bonds is 3. The third-order valence-electron chi connectivity index (χ3n) is 4.44. The summed E-state index contributed by atoms with van der Waals surface area (Å²) in [5.74, 6) is 1.06. The second-order valence-electron chi connectivity index (χ2n) is 5.84. The van der Waals surface area contributed by atoms with Crippen LogP contribution in [0.4, 0.5) is 0 Å². The van der Waals surface area contributed by atoms with Crippen molar-refractivity contribution >= 4 is 0 Å². The predicted octanol–water partition coefficient (Wildman–Crippen LogP) is 2.55. The summed E-state index contributed by atoms with van der Waals surface area (Å²) in [5, 5.41) is 3.73. The molecular weight excluding hydrogens is 214 g/mol. The van der Waals surface area contributed by atoms with Crippen LogP contribution in [-0.2, 0) is 9.47 Å². The van der Waals surface area contributed by atoms with Crippen LogP contribution in [0.25, 0.3) is 0 Å². The molecule has 3 unspecified atom stereocenters. The first-order chi connectivity index (χ1) is 8.18. The maximum Gasteiger partial charge on any atom is 0.159 e. The number of hydrogen-bond acceptors (Lipinski definition) is 3. The summed E-state index contributed by atoms with van der Waals surface area (Å²) in [6.45, 7) is 9.48. The summed E-state index contributed by atoms with van der Waals surface area (Å²) in [6.07, 6.45) is 4.93. The fourth-order valence-electron chi connectivity index (χ4n) is 3.26. The molecule has 0 aromatic rings. The van der Waals surface area contributed by atoms with E-state index in [2.05, 4.69) is 26.1 Å². The molecule has 2 fully saturated rings. The van der Waals surface area contributed by atoms with Crippen molar-refractivity contribution in [2.24, 2.45) is 11.8 Å². The van der Waals surface area contributed by atoms with Crippen molar-refractivity contribution in [3.05, 3.63) is 0 Å². The van der Waals surface area contributed by atoms with Crippen molar-refractivity contribution in [2.75, 3.05) is 19.8 Å². The molecule has 1 N–H and O–H groups in total. The minimum absolute atomic E-state index is 0.00434. The average molecular weight is 241 g/mol. The molecule has 0 aromatic carbocycles. The predicted molar refractivity (Wildman–Crippen MR) is 68.9 cm³/mol. The molecule has 2 heterocycles. The lowest BCUT2D eigenvalue weighted by Crippen LogP contribution is -2.48. The second-order valence-corrected chi connectivity index (χ2v) is 5.84. The van der Waals surface area contributed by atoms with Gasteiger partial charge in [-0.15, -0.1) is 0 Å². The fraction of sp³-hybridized carbons (Fsp3) is 1.00. The quantitative estimate of drug-likeness (QED) is 0.823. The van der Waals surface area contributed by atoms with E-state index in [4.69, 9.17) is 9.47 Å². The molecule has 3 atom stereocenters. The Balaban J connectivity index is 1.97. The number of hydrogen-bond donors (Lipinski definition) is 1. The van der Waals surface area contributed by atoms with Gasteiger partial charge in [-0.05, 0) is 32.2 Å². The summed E-state index contributed by atoms with van der Waals surface area (Å²) in [7, 11) is 0. The third kappa shape index (κ3) is 2.83. The maximum atomic E-state index is 5.95. The Morgan fingerprint density at radius 3 is 2.76 bits per heavy atom. The molecular formula is C14H27NO2. The van der Waals surface area contributed by atoms with Gasteiger partial charge in [-0.3, -0.25) is 0 Å². The minimum Gasteiger partial charge on any atom is -0.352 e. The molecule has 2 saturated heterocycles. The molecule has 3 heteroatoms. The Hall–Kier alpha value is -0.120. The van der Waals surface area contributed by atoms with Crippen molar-refractivity contribution < 1.29 is 9.47 Å². The lowest BCUT2D eigenvalue weighted by molar-refractivity contribution is -0.154. The molecule has 0 amide bonds. The molecule has 0 bridgehead atoms. The van der Waals surface area contributed by atoms with E-state index >= 15 is 0 Å². The lowest BCUT2D eigenvalue weighted by atomic mass is 9.79. The smallest absolute Gasteiger partial charge is 0.159 e. The molecule has 0 aliphatic carbocycles. The first-order valence-electron chi connectivity index (χ1n) is 7.16. The van der Waals surface area contributed by atoms with Gasteiger partial charge in [-0.1, -0.05) is 20.8 Å². The van der Waals surface area contributed by atoms with Crippen LogP contribution < -0.4 is 5.32 Å². The molecule has 17 heavy (non-hydrogen) atoms. The van der Waals surface area contributed by atoms with Crippen LogP contribution in [-0.4, -0.2) is 31.6 Å². The molecule has 2 aliphatic rings. The molecule has 3 nitrogen and oxygen atoms in total. The Kier molecular flexibility index (Phi) is 4.45. The number of nitrogens with one attached hydrogen (secondary N) is 1. The van der Waals surface area contributed by atoms with Gasteiger partial charge >= 0.3 is 0 Å². The maximum absolute atomic E-state index is 5.95. The van der Waals surface area contributed by atoms with Crippen LogP contribution >= 0.6 is 0 Å². The zero-order chi connectivity index (χ0) is 12.3. The highest BCUT2D eigenvalue weighted by atomic mass is 16.7. The Bertz CT molecular complexity index is 236. The standard InChI is InChI=1S/C14H27NO2/c1-4-14(7-5-8-15-14)12-6-9-16-13(11(2)3)17-10-12/h11-13,15H,4-10H2,1-3H3. The van der Waals surface area contributed by atoms with Gasteiger partial charge in [-0.25, -0.2) is 0 Å². The van der Waals surface area contributed by atoms with Crippen molar-refractivity contribution in [1.29, 1.82) is 0 Å². The van der Waals surface area contributed by atoms with Gasteiger partial charge in [-0.2, -0.15) is 0 Å². The highest BCUT2D eigenvalue weighted by molar-refractivity contribution is 4.97. The summed E-state index contributed by atoms with van der Waals surface area (Å²) in [4.78, 5) is 0. The molecule has 0 saturated carbocycles. The van der Waals surface area contributed by atoms with E-state index in [1.54, 1.807) is 0 Å². The van der Waals surface area contributed by atoms with Gasteiger partial charge in [0.2, 0.25) is 0 Å². The normalized spacial score (nSPS) is 39.5. The molecule has 2 aliphatic heterocycles. The van der Waals surface area contributed by atoms with Crippen LogP contribution in [0.5, 0.6) is 0 Å². The summed E-state index contributed by atoms with van der Waals surface area (Å²) in [6, 6.07) is 0. The van der Waals surface area contributed by atoms with E-state index < -0.39 is 0 Å². The largest absolute Gasteiger partial charge is 0.352 e. The Morgan fingerprint density at radius 2 is 2.18 bits per heavy atom. The fourth-order valence-corrected chi connectivity index (χ4v) is 3.26. The topological polar surface area (TPSA) is 30.5 Å². The van der Waals surface area contributed by atoms with E-state index in [1.165, 1.54) is 25.8 Å². The monoisotopic (exact) mass is 241 g/mol. The van der Waals surface area contributed by atoms with Gasteiger partial charge in [0.25, 0.3) is 0 Å². The second kappa shape index (κ2) is 5.68. The van der Waals surface area contributed by atoms with Gasteiger partial charge in [0.15, 0.2) is 6.29 Å². The van der Waals surface area contributed by atoms with Crippen LogP contribution in [0.1, 0.15) is 46.5 Å². The SMILES string of the molecule is CCC1(C2CCOC(C(C)C)OC2)CCCN1. The first-order valence-corrected chi connectivity index (χ1v) is 7.16. The minimum atomic E-state index is -0.00434. The summed E-state index contributed by atoms with van der Waals surface area (Å²) >= 11 is 0. The molecule has 0 spiro atoms. The Morgan fingerprint density at radius 1 is 1.35 bits per heavy atom. The Labute approximate surface area is 105 Å². The van der Waals surface area contributed by atoms with Crippen molar-refractivity contribution in [3.8, 4) is 0 Å². The molecule has 0 radical (unpaired) electrons. The van der Waals surface area contributed by atoms with Gasteiger partial charge in [0.1, 0.15) is 0 Å². The van der Waals surface area contributed by atoms with E-state index in [0.29, 0.717) is 17.4 Å². The highest BCUT2D eigenvalue weighted by Gasteiger charge is 2.40. The highest BCUT2D eigenvalue weighted by Crippen LogP contribution is 2.35. The summed E-state index contributed by atoms with van der Waals surface area (Å²) < 4.78 is 11.7. The van der Waals surface area contributed by atoms with Crippen molar-refractivity contribution in [2.45, 2.75) is 58.3 Å². The van der Waals surface area contributed by atoms with Gasteiger partial charge in [0.05, 0.1) is 13.2 Å². The van der Waals surface area contributed by atoms with Gasteiger partial charge < -0.3 is 14.8 Å². The van der Waals surface area contributed by atoms with Crippen LogP contribution in [0.3, 0.4) is 0 Å². The molecule has 2 rings (SSSR count). The zero-order valence-electron chi connectivity index (χ0n) is 11.5. The van der Waals surface area contributed by atoms with Crippen molar-refractivity contribution in [1.82, 2.24) is 5.32 Å². The van der Waals surface area contributed by atoms with Crippen LogP contribution in [0.15, 0.2) is 0 Å². The molecule has 100 valence electrons.